The molecule has 2 fully saturated rings. The Hall–Kier alpha value is -2.78. The first-order chi connectivity index (χ1) is 16.0. The number of carbonyl (C=O) groups is 1. The molecule has 0 spiro atoms. The summed E-state index contributed by atoms with van der Waals surface area (Å²) >= 11 is 0. The van der Waals surface area contributed by atoms with Crippen molar-refractivity contribution >= 4 is 27.3 Å². The first-order valence-electron chi connectivity index (χ1n) is 11.6. The fraction of sp³-hybridized carbons (Fsp3) is 0.458. The number of piperidine rings is 1. The van der Waals surface area contributed by atoms with Crippen LogP contribution in [0.15, 0.2) is 47.4 Å². The van der Waals surface area contributed by atoms with Crippen molar-refractivity contribution < 1.29 is 22.7 Å². The third kappa shape index (κ3) is 4.65. The molecule has 0 unspecified atom stereocenters. The van der Waals surface area contributed by atoms with E-state index in [0.717, 1.165) is 44.5 Å². The molecular weight excluding hydrogens is 442 g/mol. The lowest BCUT2D eigenvalue weighted by Gasteiger charge is -2.33. The topological polar surface area (TPSA) is 88.2 Å². The van der Waals surface area contributed by atoms with Crippen molar-refractivity contribution in [2.24, 2.45) is 5.92 Å². The Labute approximate surface area is 194 Å². The summed E-state index contributed by atoms with van der Waals surface area (Å²) in [6.45, 7) is 3.75. The van der Waals surface area contributed by atoms with E-state index >= 15 is 0 Å². The van der Waals surface area contributed by atoms with Gasteiger partial charge in [0.2, 0.25) is 15.9 Å². The van der Waals surface area contributed by atoms with Gasteiger partial charge in [-0.15, -0.1) is 0 Å². The molecule has 8 nitrogen and oxygen atoms in total. The molecule has 0 atom stereocenters. The van der Waals surface area contributed by atoms with E-state index in [0.29, 0.717) is 48.4 Å². The van der Waals surface area contributed by atoms with Gasteiger partial charge in [0, 0.05) is 49.5 Å². The molecule has 3 aliphatic rings. The van der Waals surface area contributed by atoms with Crippen LogP contribution in [0.1, 0.15) is 25.7 Å². The zero-order chi connectivity index (χ0) is 22.8. The quantitative estimate of drug-likeness (QED) is 0.721. The largest absolute Gasteiger partial charge is 0.486 e. The van der Waals surface area contributed by atoms with Crippen LogP contribution in [0.4, 0.5) is 11.4 Å². The number of hydrogen-bond acceptors (Lipinski definition) is 6. The minimum absolute atomic E-state index is 0.0124. The van der Waals surface area contributed by atoms with Crippen molar-refractivity contribution in [1.82, 2.24) is 4.31 Å². The molecule has 3 aliphatic heterocycles. The van der Waals surface area contributed by atoms with Gasteiger partial charge < -0.3 is 19.7 Å². The summed E-state index contributed by atoms with van der Waals surface area (Å²) in [5.74, 6) is 1.30. The zero-order valence-corrected chi connectivity index (χ0v) is 19.4. The average Bonchev–Trinajstić information content (AvgIpc) is 3.40. The monoisotopic (exact) mass is 471 g/mol. The van der Waals surface area contributed by atoms with E-state index in [2.05, 4.69) is 10.2 Å². The molecule has 33 heavy (non-hydrogen) atoms. The maximum absolute atomic E-state index is 12.8. The van der Waals surface area contributed by atoms with Gasteiger partial charge in [-0.25, -0.2) is 8.42 Å². The first-order valence-corrected chi connectivity index (χ1v) is 13.0. The lowest BCUT2D eigenvalue weighted by molar-refractivity contribution is -0.120. The molecule has 2 saturated heterocycles. The second-order valence-electron chi connectivity index (χ2n) is 8.71. The van der Waals surface area contributed by atoms with Gasteiger partial charge >= 0.3 is 0 Å². The highest BCUT2D eigenvalue weighted by atomic mass is 32.2. The third-order valence-electron chi connectivity index (χ3n) is 6.58. The number of carbonyl (C=O) groups excluding carboxylic acids is 1. The standard InChI is InChI=1S/C24H29N3O5S/c28-24(25-19-3-8-22-23(17-19)32-16-15-31-22)18-9-13-26(14-10-18)20-4-6-21(7-5-20)33(29,30)27-11-1-2-12-27/h3-8,17-18H,1-2,9-16H2,(H,25,28). The Morgan fingerprint density at radius 2 is 1.55 bits per heavy atom. The van der Waals surface area contributed by atoms with Gasteiger partial charge in [0.05, 0.1) is 4.90 Å². The van der Waals surface area contributed by atoms with Crippen LogP contribution in [0.5, 0.6) is 11.5 Å². The van der Waals surface area contributed by atoms with Gasteiger partial charge in [0.15, 0.2) is 11.5 Å². The van der Waals surface area contributed by atoms with E-state index < -0.39 is 10.0 Å². The van der Waals surface area contributed by atoms with Crippen LogP contribution in [0.3, 0.4) is 0 Å². The number of ether oxygens (including phenoxy) is 2. The smallest absolute Gasteiger partial charge is 0.243 e. The Morgan fingerprint density at radius 3 is 2.24 bits per heavy atom. The molecule has 176 valence electrons. The van der Waals surface area contributed by atoms with Crippen LogP contribution in [0, 0.1) is 5.92 Å². The van der Waals surface area contributed by atoms with Crippen LogP contribution >= 0.6 is 0 Å². The maximum atomic E-state index is 12.8. The predicted octanol–water partition coefficient (Wildman–Crippen LogP) is 3.10. The number of fused-ring (bicyclic) bond motifs is 1. The summed E-state index contributed by atoms with van der Waals surface area (Å²) in [6, 6.07) is 12.6. The van der Waals surface area contributed by atoms with E-state index in [1.165, 1.54) is 0 Å². The second kappa shape index (κ2) is 9.23. The molecule has 3 heterocycles. The van der Waals surface area contributed by atoms with Crippen molar-refractivity contribution in [2.75, 3.05) is 49.6 Å². The number of benzene rings is 2. The van der Waals surface area contributed by atoms with E-state index in [1.54, 1.807) is 22.5 Å². The lowest BCUT2D eigenvalue weighted by Crippen LogP contribution is -2.38. The molecular formula is C24H29N3O5S. The van der Waals surface area contributed by atoms with Crippen LogP contribution in [-0.2, 0) is 14.8 Å². The Kier molecular flexibility index (Phi) is 6.16. The summed E-state index contributed by atoms with van der Waals surface area (Å²) in [5.41, 5.74) is 1.70. The minimum Gasteiger partial charge on any atom is -0.486 e. The molecule has 5 rings (SSSR count). The molecule has 0 bridgehead atoms. The van der Waals surface area contributed by atoms with Crippen LogP contribution in [0.2, 0.25) is 0 Å². The Bertz CT molecular complexity index is 1110. The highest BCUT2D eigenvalue weighted by molar-refractivity contribution is 7.89. The van der Waals surface area contributed by atoms with Gasteiger partial charge in [-0.2, -0.15) is 4.31 Å². The first kappa shape index (κ1) is 22.0. The number of rotatable bonds is 5. The molecule has 2 aromatic rings. The third-order valence-corrected chi connectivity index (χ3v) is 8.49. The van der Waals surface area contributed by atoms with Crippen LogP contribution < -0.4 is 19.7 Å². The average molecular weight is 472 g/mol. The molecule has 0 radical (unpaired) electrons. The van der Waals surface area contributed by atoms with Crippen molar-refractivity contribution in [3.63, 3.8) is 0 Å². The van der Waals surface area contributed by atoms with Crippen LogP contribution in [-0.4, -0.2) is 58.0 Å². The summed E-state index contributed by atoms with van der Waals surface area (Å²) < 4.78 is 38.1. The minimum atomic E-state index is -3.40. The van der Waals surface area contributed by atoms with Gasteiger partial charge in [-0.05, 0) is 62.1 Å². The Morgan fingerprint density at radius 1 is 0.879 bits per heavy atom. The van der Waals surface area contributed by atoms with Gasteiger partial charge in [-0.3, -0.25) is 4.79 Å². The summed E-state index contributed by atoms with van der Waals surface area (Å²) in [6.07, 6.45) is 3.33. The summed E-state index contributed by atoms with van der Waals surface area (Å²) in [5, 5.41) is 3.00. The number of nitrogens with one attached hydrogen (secondary N) is 1. The molecule has 0 aliphatic carbocycles. The molecule has 1 amide bonds. The van der Waals surface area contributed by atoms with Crippen molar-refractivity contribution in [3.05, 3.63) is 42.5 Å². The number of anilines is 2. The summed E-state index contributed by atoms with van der Waals surface area (Å²) in [4.78, 5) is 15.3. The molecule has 2 aromatic carbocycles. The fourth-order valence-electron chi connectivity index (χ4n) is 4.67. The summed E-state index contributed by atoms with van der Waals surface area (Å²) in [7, 11) is -3.40. The zero-order valence-electron chi connectivity index (χ0n) is 18.5. The molecule has 0 aromatic heterocycles. The second-order valence-corrected chi connectivity index (χ2v) is 10.7. The van der Waals surface area contributed by atoms with Gasteiger partial charge in [-0.1, -0.05) is 0 Å². The Balaban J connectivity index is 1.16. The number of hydrogen-bond donors (Lipinski definition) is 1. The highest BCUT2D eigenvalue weighted by Crippen LogP contribution is 2.33. The van der Waals surface area contributed by atoms with E-state index in [4.69, 9.17) is 9.47 Å². The fourth-order valence-corrected chi connectivity index (χ4v) is 6.19. The van der Waals surface area contributed by atoms with Crippen molar-refractivity contribution in [1.29, 1.82) is 0 Å². The van der Waals surface area contributed by atoms with Crippen molar-refractivity contribution in [3.8, 4) is 11.5 Å². The van der Waals surface area contributed by atoms with Crippen molar-refractivity contribution in [2.45, 2.75) is 30.6 Å². The number of amides is 1. The molecule has 0 saturated carbocycles. The van der Waals surface area contributed by atoms with Crippen LogP contribution in [0.25, 0.3) is 0 Å². The number of nitrogens with zero attached hydrogens (tertiary/aromatic N) is 2. The highest BCUT2D eigenvalue weighted by Gasteiger charge is 2.28. The van der Waals surface area contributed by atoms with E-state index in [9.17, 15) is 13.2 Å². The SMILES string of the molecule is O=C(Nc1ccc2c(c1)OCCO2)C1CCN(c2ccc(S(=O)(=O)N3CCCC3)cc2)CC1. The lowest BCUT2D eigenvalue weighted by atomic mass is 9.95. The predicted molar refractivity (Wildman–Crippen MR) is 125 cm³/mol. The molecule has 9 heteroatoms. The van der Waals surface area contributed by atoms with E-state index in [1.807, 2.05) is 24.3 Å². The number of sulfonamides is 1. The van der Waals surface area contributed by atoms with Gasteiger partial charge in [0.25, 0.3) is 0 Å². The normalized spacial score (nSPS) is 19.5. The van der Waals surface area contributed by atoms with Gasteiger partial charge in [0.1, 0.15) is 13.2 Å². The maximum Gasteiger partial charge on any atom is 0.243 e. The van der Waals surface area contributed by atoms with E-state index in [-0.39, 0.29) is 11.8 Å². The molecule has 1 N–H and O–H groups in total.